The van der Waals surface area contributed by atoms with Crippen LogP contribution >= 0.6 is 11.6 Å². The van der Waals surface area contributed by atoms with Gasteiger partial charge in [-0.2, -0.15) is 0 Å². The molecule has 5 heteroatoms. The fourth-order valence-corrected chi connectivity index (χ4v) is 3.24. The van der Waals surface area contributed by atoms with Gasteiger partial charge in [-0.1, -0.05) is 23.7 Å². The van der Waals surface area contributed by atoms with Crippen LogP contribution in [0.3, 0.4) is 0 Å². The number of aliphatic carboxylic acids is 1. The molecule has 0 aliphatic heterocycles. The number of carboxylic acid groups (broad SMARTS) is 1. The van der Waals surface area contributed by atoms with E-state index in [0.29, 0.717) is 18.2 Å². The molecule has 1 heterocycles. The molecule has 0 radical (unpaired) electrons. The van der Waals surface area contributed by atoms with Crippen LogP contribution in [0.4, 0.5) is 0 Å². The fourth-order valence-electron chi connectivity index (χ4n) is 3.06. The van der Waals surface area contributed by atoms with E-state index in [9.17, 15) is 4.79 Å². The molecule has 1 aliphatic carbocycles. The van der Waals surface area contributed by atoms with Crippen molar-refractivity contribution < 1.29 is 14.6 Å². The van der Waals surface area contributed by atoms with Crippen LogP contribution in [0.1, 0.15) is 35.6 Å². The smallest absolute Gasteiger partial charge is 0.303 e. The van der Waals surface area contributed by atoms with Gasteiger partial charge in [-0.3, -0.25) is 4.79 Å². The van der Waals surface area contributed by atoms with E-state index < -0.39 is 5.97 Å². The summed E-state index contributed by atoms with van der Waals surface area (Å²) in [5, 5.41) is 9.45. The van der Waals surface area contributed by atoms with Crippen LogP contribution in [-0.2, 0) is 17.6 Å². The van der Waals surface area contributed by atoms with Gasteiger partial charge in [-0.05, 0) is 54.2 Å². The predicted molar refractivity (Wildman–Crippen MR) is 88.2 cm³/mol. The number of halogens is 1. The topological polar surface area (TPSA) is 59.4 Å². The highest BCUT2D eigenvalue weighted by Gasteiger charge is 2.24. The molecule has 1 N–H and O–H groups in total. The van der Waals surface area contributed by atoms with E-state index in [2.05, 4.69) is 4.98 Å². The number of hydrogen-bond donors (Lipinski definition) is 1. The molecule has 0 spiro atoms. The van der Waals surface area contributed by atoms with Crippen LogP contribution in [0.5, 0.6) is 5.75 Å². The molecule has 1 aliphatic rings. The Hall–Kier alpha value is -2.07. The van der Waals surface area contributed by atoms with Crippen LogP contribution in [0.25, 0.3) is 0 Å². The third-order valence-corrected chi connectivity index (χ3v) is 4.35. The summed E-state index contributed by atoms with van der Waals surface area (Å²) in [6, 6.07) is 11.5. The van der Waals surface area contributed by atoms with E-state index in [0.717, 1.165) is 29.8 Å². The molecule has 1 aromatic heterocycles. The van der Waals surface area contributed by atoms with Gasteiger partial charge in [0.25, 0.3) is 0 Å². The van der Waals surface area contributed by atoms with Gasteiger partial charge >= 0.3 is 5.97 Å². The van der Waals surface area contributed by atoms with Crippen molar-refractivity contribution in [2.24, 2.45) is 0 Å². The maximum Gasteiger partial charge on any atom is 0.303 e. The van der Waals surface area contributed by atoms with Crippen LogP contribution < -0.4 is 4.74 Å². The second-order valence-electron chi connectivity index (χ2n) is 5.74. The molecule has 0 saturated carbocycles. The quantitative estimate of drug-likeness (QED) is 0.816. The zero-order valence-electron chi connectivity index (χ0n) is 12.7. The average Bonchev–Trinajstić information content (AvgIpc) is 2.89. The SMILES string of the molecule is O=C(O)C[C@@H]1CCc2cc(OCCc3cccc(Cl)n3)ccc21. The van der Waals surface area contributed by atoms with Crippen molar-refractivity contribution in [3.63, 3.8) is 0 Å². The molecule has 1 aromatic carbocycles. The Balaban J connectivity index is 1.59. The summed E-state index contributed by atoms with van der Waals surface area (Å²) in [4.78, 5) is 15.1. The zero-order valence-corrected chi connectivity index (χ0v) is 13.4. The lowest BCUT2D eigenvalue weighted by atomic mass is 9.98. The highest BCUT2D eigenvalue weighted by atomic mass is 35.5. The first-order valence-corrected chi connectivity index (χ1v) is 8.08. The van der Waals surface area contributed by atoms with Gasteiger partial charge in [0.1, 0.15) is 10.9 Å². The van der Waals surface area contributed by atoms with Crippen molar-refractivity contribution >= 4 is 17.6 Å². The molecule has 1 atom stereocenters. The normalized spacial score (nSPS) is 16.1. The molecule has 3 rings (SSSR count). The van der Waals surface area contributed by atoms with Crippen LogP contribution in [0, 0.1) is 0 Å². The summed E-state index contributed by atoms with van der Waals surface area (Å²) in [6.45, 7) is 0.532. The fraction of sp³-hybridized carbons (Fsp3) is 0.333. The molecular formula is C18H18ClNO3. The highest BCUT2D eigenvalue weighted by Crippen LogP contribution is 2.37. The summed E-state index contributed by atoms with van der Waals surface area (Å²) in [5.74, 6) is 0.214. The first-order chi connectivity index (χ1) is 11.1. The van der Waals surface area contributed by atoms with Crippen LogP contribution in [0.15, 0.2) is 36.4 Å². The maximum absolute atomic E-state index is 10.9. The third-order valence-electron chi connectivity index (χ3n) is 4.14. The number of aromatic nitrogens is 1. The number of carboxylic acids is 1. The van der Waals surface area contributed by atoms with Crippen molar-refractivity contribution in [1.82, 2.24) is 4.98 Å². The highest BCUT2D eigenvalue weighted by molar-refractivity contribution is 6.29. The van der Waals surface area contributed by atoms with E-state index >= 15 is 0 Å². The lowest BCUT2D eigenvalue weighted by Gasteiger charge is -2.11. The Morgan fingerprint density at radius 3 is 3.00 bits per heavy atom. The van der Waals surface area contributed by atoms with Crippen molar-refractivity contribution in [2.45, 2.75) is 31.6 Å². The largest absolute Gasteiger partial charge is 0.493 e. The molecule has 0 saturated heterocycles. The van der Waals surface area contributed by atoms with E-state index in [-0.39, 0.29) is 12.3 Å². The lowest BCUT2D eigenvalue weighted by molar-refractivity contribution is -0.137. The lowest BCUT2D eigenvalue weighted by Crippen LogP contribution is -2.04. The second kappa shape index (κ2) is 7.01. The van der Waals surface area contributed by atoms with Gasteiger partial charge in [-0.15, -0.1) is 0 Å². The number of ether oxygens (including phenoxy) is 1. The number of benzene rings is 1. The van der Waals surface area contributed by atoms with Gasteiger partial charge in [0.15, 0.2) is 0 Å². The minimum absolute atomic E-state index is 0.132. The summed E-state index contributed by atoms with van der Waals surface area (Å²) in [7, 11) is 0. The first kappa shape index (κ1) is 15.8. The van der Waals surface area contributed by atoms with E-state index in [4.69, 9.17) is 21.4 Å². The van der Waals surface area contributed by atoms with Gasteiger partial charge < -0.3 is 9.84 Å². The number of hydrogen-bond acceptors (Lipinski definition) is 3. The summed E-state index contributed by atoms with van der Waals surface area (Å²) >= 11 is 5.86. The van der Waals surface area contributed by atoms with Crippen molar-refractivity contribution in [3.8, 4) is 5.75 Å². The summed E-state index contributed by atoms with van der Waals surface area (Å²) in [6.07, 6.45) is 2.71. The van der Waals surface area contributed by atoms with Crippen molar-refractivity contribution in [1.29, 1.82) is 0 Å². The Kier molecular flexibility index (Phi) is 4.82. The Morgan fingerprint density at radius 1 is 1.35 bits per heavy atom. The van der Waals surface area contributed by atoms with Gasteiger partial charge in [0, 0.05) is 12.1 Å². The molecule has 2 aromatic rings. The standard InChI is InChI=1S/C18H18ClNO3/c19-17-3-1-2-14(20-17)8-9-23-15-6-7-16-12(10-15)4-5-13(16)11-18(21)22/h1-3,6-7,10,13H,4-5,8-9,11H2,(H,21,22)/t13-/m0/s1. The van der Waals surface area contributed by atoms with Crippen LogP contribution in [0.2, 0.25) is 5.15 Å². The molecular weight excluding hydrogens is 314 g/mol. The minimum Gasteiger partial charge on any atom is -0.493 e. The molecule has 23 heavy (non-hydrogen) atoms. The first-order valence-electron chi connectivity index (χ1n) is 7.70. The number of carbonyl (C=O) groups is 1. The van der Waals surface area contributed by atoms with Gasteiger partial charge in [-0.25, -0.2) is 4.98 Å². The molecule has 120 valence electrons. The van der Waals surface area contributed by atoms with Gasteiger partial charge in [0.2, 0.25) is 0 Å². The van der Waals surface area contributed by atoms with Gasteiger partial charge in [0.05, 0.1) is 13.0 Å². The molecule has 0 bridgehead atoms. The summed E-state index contributed by atoms with van der Waals surface area (Å²) in [5.41, 5.74) is 3.26. The average molecular weight is 332 g/mol. The van der Waals surface area contributed by atoms with E-state index in [1.54, 1.807) is 6.07 Å². The Bertz CT molecular complexity index is 717. The third kappa shape index (κ3) is 4.02. The van der Waals surface area contributed by atoms with E-state index in [1.807, 2.05) is 30.3 Å². The molecule has 4 nitrogen and oxygen atoms in total. The zero-order chi connectivity index (χ0) is 16.2. The maximum atomic E-state index is 10.9. The number of fused-ring (bicyclic) bond motifs is 1. The second-order valence-corrected chi connectivity index (χ2v) is 6.13. The Morgan fingerprint density at radius 2 is 2.22 bits per heavy atom. The van der Waals surface area contributed by atoms with Crippen molar-refractivity contribution in [2.75, 3.05) is 6.61 Å². The number of rotatable bonds is 6. The Labute approximate surface area is 140 Å². The molecule has 0 fully saturated rings. The van der Waals surface area contributed by atoms with Crippen molar-refractivity contribution in [3.05, 3.63) is 58.4 Å². The number of pyridine rings is 1. The monoisotopic (exact) mass is 331 g/mol. The predicted octanol–water partition coefficient (Wildman–Crippen LogP) is 3.86. The van der Waals surface area contributed by atoms with Crippen LogP contribution in [-0.4, -0.2) is 22.7 Å². The summed E-state index contributed by atoms with van der Waals surface area (Å²) < 4.78 is 5.79. The molecule has 0 amide bonds. The molecule has 0 unspecified atom stereocenters. The van der Waals surface area contributed by atoms with E-state index in [1.165, 1.54) is 5.56 Å². The number of aryl methyl sites for hydroxylation is 1. The number of nitrogens with zero attached hydrogens (tertiary/aromatic N) is 1. The minimum atomic E-state index is -0.739.